The number of hydrogen-bond acceptors (Lipinski definition) is 4. The van der Waals surface area contributed by atoms with E-state index in [4.69, 9.17) is 10.5 Å². The molecule has 2 aromatic carbocycles. The van der Waals surface area contributed by atoms with Gasteiger partial charge in [-0.3, -0.25) is 0 Å². The molecule has 1 heterocycles. The lowest BCUT2D eigenvalue weighted by Crippen LogP contribution is -2.01. The van der Waals surface area contributed by atoms with E-state index in [2.05, 4.69) is 0 Å². The first-order valence-corrected chi connectivity index (χ1v) is 7.75. The number of hydrogen-bond donors (Lipinski definition) is 1. The van der Waals surface area contributed by atoms with Crippen molar-refractivity contribution in [1.82, 2.24) is 0 Å². The molecule has 0 fully saturated rings. The molecule has 3 rings (SSSR count). The minimum Gasteiger partial charge on any atom is -0.486 e. The molecule has 4 nitrogen and oxygen atoms in total. The SMILES string of the molecule is Nc1ccc2c(c1)S(=O)(=O)C=C2COc1ccccc1F. The van der Waals surface area contributed by atoms with E-state index in [1.807, 2.05) is 0 Å². The van der Waals surface area contributed by atoms with Crippen molar-refractivity contribution >= 4 is 21.1 Å². The summed E-state index contributed by atoms with van der Waals surface area (Å²) >= 11 is 0. The summed E-state index contributed by atoms with van der Waals surface area (Å²) in [6.45, 7) is -0.0307. The van der Waals surface area contributed by atoms with E-state index in [1.165, 1.54) is 18.2 Å². The number of nitrogen functional groups attached to an aromatic ring is 1. The average molecular weight is 305 g/mol. The Morgan fingerprint density at radius 2 is 1.90 bits per heavy atom. The number of ether oxygens (including phenoxy) is 1. The fourth-order valence-electron chi connectivity index (χ4n) is 2.18. The van der Waals surface area contributed by atoms with Gasteiger partial charge in [0.15, 0.2) is 11.6 Å². The molecule has 1 aliphatic heterocycles. The molecule has 2 aromatic rings. The summed E-state index contributed by atoms with van der Waals surface area (Å²) in [6.07, 6.45) is 0. The van der Waals surface area contributed by atoms with Gasteiger partial charge in [-0.15, -0.1) is 0 Å². The zero-order valence-electron chi connectivity index (χ0n) is 10.9. The van der Waals surface area contributed by atoms with Crippen molar-refractivity contribution in [2.24, 2.45) is 0 Å². The van der Waals surface area contributed by atoms with E-state index in [0.717, 1.165) is 5.41 Å². The Bertz CT molecular complexity index is 844. The highest BCUT2D eigenvalue weighted by Crippen LogP contribution is 2.35. The summed E-state index contributed by atoms with van der Waals surface area (Å²) in [6, 6.07) is 10.6. The zero-order chi connectivity index (χ0) is 15.0. The Labute approximate surface area is 121 Å². The average Bonchev–Trinajstić information content (AvgIpc) is 2.69. The van der Waals surface area contributed by atoms with Gasteiger partial charge in [0, 0.05) is 22.2 Å². The molecule has 0 aliphatic carbocycles. The fraction of sp³-hybridized carbons (Fsp3) is 0.0667. The smallest absolute Gasteiger partial charge is 0.200 e. The molecule has 0 amide bonds. The van der Waals surface area contributed by atoms with Crippen molar-refractivity contribution in [3.8, 4) is 5.75 Å². The van der Waals surface area contributed by atoms with E-state index >= 15 is 0 Å². The van der Waals surface area contributed by atoms with Gasteiger partial charge in [0.25, 0.3) is 0 Å². The number of fused-ring (bicyclic) bond motifs is 1. The number of halogens is 1. The maximum atomic E-state index is 13.5. The Hall–Kier alpha value is -2.34. The largest absolute Gasteiger partial charge is 0.486 e. The van der Waals surface area contributed by atoms with Crippen molar-refractivity contribution < 1.29 is 17.5 Å². The first-order chi connectivity index (χ1) is 9.97. The lowest BCUT2D eigenvalue weighted by Gasteiger charge is -2.08. The van der Waals surface area contributed by atoms with Crippen molar-refractivity contribution in [3.63, 3.8) is 0 Å². The fourth-order valence-corrected chi connectivity index (χ4v) is 3.69. The second kappa shape index (κ2) is 4.89. The highest BCUT2D eigenvalue weighted by molar-refractivity contribution is 7.95. The molecular weight excluding hydrogens is 293 g/mol. The third-order valence-corrected chi connectivity index (χ3v) is 4.72. The quantitative estimate of drug-likeness (QED) is 0.885. The molecule has 6 heteroatoms. The predicted octanol–water partition coefficient (Wildman–Crippen LogP) is 2.62. The first kappa shape index (κ1) is 13.6. The van der Waals surface area contributed by atoms with Crippen LogP contribution in [-0.2, 0) is 9.84 Å². The molecule has 0 spiro atoms. The monoisotopic (exact) mass is 305 g/mol. The maximum Gasteiger partial charge on any atom is 0.200 e. The summed E-state index contributed by atoms with van der Waals surface area (Å²) in [7, 11) is -3.51. The molecule has 1 aliphatic rings. The lowest BCUT2D eigenvalue weighted by atomic mass is 10.1. The third-order valence-electron chi connectivity index (χ3n) is 3.18. The zero-order valence-corrected chi connectivity index (χ0v) is 11.7. The second-order valence-electron chi connectivity index (χ2n) is 4.66. The van der Waals surface area contributed by atoms with Gasteiger partial charge in [-0.05, 0) is 24.3 Å². The van der Waals surface area contributed by atoms with Crippen LogP contribution >= 0.6 is 0 Å². The van der Waals surface area contributed by atoms with Gasteiger partial charge in [-0.2, -0.15) is 0 Å². The molecule has 0 saturated carbocycles. The minimum atomic E-state index is -3.51. The van der Waals surface area contributed by atoms with Crippen LogP contribution in [0.3, 0.4) is 0 Å². The van der Waals surface area contributed by atoms with E-state index < -0.39 is 15.7 Å². The number of benzene rings is 2. The van der Waals surface area contributed by atoms with Gasteiger partial charge >= 0.3 is 0 Å². The molecule has 2 N–H and O–H groups in total. The van der Waals surface area contributed by atoms with Gasteiger partial charge in [0.1, 0.15) is 6.61 Å². The Balaban J connectivity index is 1.90. The van der Waals surface area contributed by atoms with Crippen LogP contribution in [0.25, 0.3) is 5.57 Å². The predicted molar refractivity (Wildman–Crippen MR) is 77.9 cm³/mol. The second-order valence-corrected chi connectivity index (χ2v) is 6.43. The van der Waals surface area contributed by atoms with E-state index in [0.29, 0.717) is 16.8 Å². The number of para-hydroxylation sites is 1. The highest BCUT2D eigenvalue weighted by atomic mass is 32.2. The number of nitrogens with two attached hydrogens (primary N) is 1. The van der Waals surface area contributed by atoms with Crippen LogP contribution < -0.4 is 10.5 Å². The van der Waals surface area contributed by atoms with Crippen molar-refractivity contribution in [2.45, 2.75) is 4.90 Å². The molecule has 0 bridgehead atoms. The maximum absolute atomic E-state index is 13.5. The van der Waals surface area contributed by atoms with Crippen LogP contribution in [0, 0.1) is 5.82 Å². The molecule has 0 atom stereocenters. The summed E-state index contributed by atoms with van der Waals surface area (Å²) in [5.41, 5.74) is 7.01. The van der Waals surface area contributed by atoms with Crippen LogP contribution in [0.15, 0.2) is 52.8 Å². The van der Waals surface area contributed by atoms with E-state index in [1.54, 1.807) is 24.3 Å². The van der Waals surface area contributed by atoms with Gasteiger partial charge < -0.3 is 10.5 Å². The van der Waals surface area contributed by atoms with Crippen LogP contribution in [0.1, 0.15) is 5.56 Å². The van der Waals surface area contributed by atoms with Crippen molar-refractivity contribution in [1.29, 1.82) is 0 Å². The topological polar surface area (TPSA) is 69.4 Å². The van der Waals surface area contributed by atoms with Gasteiger partial charge in [-0.25, -0.2) is 12.8 Å². The molecule has 0 radical (unpaired) electrons. The first-order valence-electron chi connectivity index (χ1n) is 6.20. The highest BCUT2D eigenvalue weighted by Gasteiger charge is 2.27. The number of rotatable bonds is 3. The summed E-state index contributed by atoms with van der Waals surface area (Å²) in [4.78, 5) is 0.162. The molecular formula is C15H12FNO3S. The van der Waals surface area contributed by atoms with E-state index in [9.17, 15) is 12.8 Å². The van der Waals surface area contributed by atoms with Crippen LogP contribution in [-0.4, -0.2) is 15.0 Å². The van der Waals surface area contributed by atoms with Crippen LogP contribution in [0.2, 0.25) is 0 Å². The van der Waals surface area contributed by atoms with Crippen molar-refractivity contribution in [2.75, 3.05) is 12.3 Å². The molecule has 0 aromatic heterocycles. The van der Waals surface area contributed by atoms with Gasteiger partial charge in [-0.1, -0.05) is 18.2 Å². The third kappa shape index (κ3) is 2.50. The normalized spacial score (nSPS) is 15.4. The molecule has 0 unspecified atom stereocenters. The Morgan fingerprint density at radius 1 is 1.14 bits per heavy atom. The summed E-state index contributed by atoms with van der Waals surface area (Å²) in [5.74, 6) is -0.406. The molecule has 108 valence electrons. The molecule has 0 saturated heterocycles. The summed E-state index contributed by atoms with van der Waals surface area (Å²) < 4.78 is 42.9. The van der Waals surface area contributed by atoms with Crippen LogP contribution in [0.4, 0.5) is 10.1 Å². The number of anilines is 1. The Morgan fingerprint density at radius 3 is 2.67 bits per heavy atom. The number of sulfone groups is 1. The lowest BCUT2D eigenvalue weighted by molar-refractivity contribution is 0.348. The van der Waals surface area contributed by atoms with Crippen LogP contribution in [0.5, 0.6) is 5.75 Å². The molecule has 21 heavy (non-hydrogen) atoms. The standard InChI is InChI=1S/C15H12FNO3S/c16-13-3-1-2-4-14(13)20-8-10-9-21(18,19)15-7-11(17)5-6-12(10)15/h1-7,9H,8,17H2. The Kier molecular flexibility index (Phi) is 3.17. The van der Waals surface area contributed by atoms with E-state index in [-0.39, 0.29) is 17.3 Å². The van der Waals surface area contributed by atoms with Gasteiger partial charge in [0.05, 0.1) is 4.90 Å². The van der Waals surface area contributed by atoms with Gasteiger partial charge in [0.2, 0.25) is 9.84 Å². The minimum absolute atomic E-state index is 0.0307. The van der Waals surface area contributed by atoms with Crippen molar-refractivity contribution in [3.05, 3.63) is 59.3 Å². The summed E-state index contributed by atoms with van der Waals surface area (Å²) in [5, 5.41) is 1.14.